The van der Waals surface area contributed by atoms with Crippen LogP contribution in [-0.4, -0.2) is 39.4 Å². The Hall–Kier alpha value is -4.64. The highest BCUT2D eigenvalue weighted by molar-refractivity contribution is 6.36. The molecule has 0 saturated carbocycles. The zero-order chi connectivity index (χ0) is 32.4. The lowest BCUT2D eigenvalue weighted by atomic mass is 10.0. The maximum Gasteiger partial charge on any atom is 0.573 e. The number of piperidine rings is 1. The Labute approximate surface area is 270 Å². The van der Waals surface area contributed by atoms with E-state index in [1.165, 1.54) is 48.7 Å². The van der Waals surface area contributed by atoms with E-state index in [-0.39, 0.29) is 27.4 Å². The van der Waals surface area contributed by atoms with Gasteiger partial charge in [0, 0.05) is 23.0 Å². The number of rotatable bonds is 8. The Morgan fingerprint density at radius 3 is 2.46 bits per heavy atom. The number of hydrogen-bond acceptors (Lipinski definition) is 8. The molecule has 6 rings (SSSR count). The molecule has 0 bridgehead atoms. The first-order valence-electron chi connectivity index (χ1n) is 14.1. The van der Waals surface area contributed by atoms with Gasteiger partial charge in [0.05, 0.1) is 45.1 Å². The molecular weight excluding hydrogens is 647 g/mol. The van der Waals surface area contributed by atoms with Gasteiger partial charge in [-0.05, 0) is 74.0 Å². The number of nitrogens with zero attached hydrogens (tertiary/aromatic N) is 5. The molecule has 2 aromatic heterocycles. The van der Waals surface area contributed by atoms with Gasteiger partial charge >= 0.3 is 6.36 Å². The van der Waals surface area contributed by atoms with Crippen LogP contribution >= 0.6 is 23.2 Å². The zero-order valence-corrected chi connectivity index (χ0v) is 25.3. The number of pyridine rings is 1. The number of nitriles is 1. The van der Waals surface area contributed by atoms with Crippen molar-refractivity contribution in [1.82, 2.24) is 25.3 Å². The van der Waals surface area contributed by atoms with Crippen molar-refractivity contribution >= 4 is 51.2 Å². The normalized spacial score (nSPS) is 14.5. The first-order chi connectivity index (χ1) is 22.1. The minimum atomic E-state index is -4.83. The third kappa shape index (κ3) is 6.94. The number of alkyl halides is 3. The average molecular weight is 671 g/mol. The average Bonchev–Trinajstić information content (AvgIpc) is 3.52. The van der Waals surface area contributed by atoms with Gasteiger partial charge in [0.1, 0.15) is 23.3 Å². The lowest BCUT2D eigenvalue weighted by molar-refractivity contribution is -0.274. The van der Waals surface area contributed by atoms with E-state index in [0.29, 0.717) is 39.2 Å². The maximum absolute atomic E-state index is 13.8. The lowest BCUT2D eigenvalue weighted by Crippen LogP contribution is -2.29. The minimum Gasteiger partial charge on any atom is -0.406 e. The van der Waals surface area contributed by atoms with Crippen molar-refractivity contribution in [3.05, 3.63) is 99.7 Å². The maximum atomic E-state index is 13.8. The van der Waals surface area contributed by atoms with Crippen LogP contribution < -0.4 is 20.7 Å². The fourth-order valence-corrected chi connectivity index (χ4v) is 5.76. The molecule has 0 radical (unpaired) electrons. The Balaban J connectivity index is 1.40. The smallest absolute Gasteiger partial charge is 0.406 e. The van der Waals surface area contributed by atoms with Gasteiger partial charge in [-0.2, -0.15) is 5.26 Å². The molecule has 1 atom stereocenters. The predicted octanol–water partition coefficient (Wildman–Crippen LogP) is 7.91. The highest BCUT2D eigenvalue weighted by atomic mass is 35.5. The summed E-state index contributed by atoms with van der Waals surface area (Å²) in [4.78, 5) is 4.37. The van der Waals surface area contributed by atoms with Gasteiger partial charge in [-0.15, -0.1) is 18.3 Å². The molecular formula is C31H24Cl2F4N8O. The fourth-order valence-electron chi connectivity index (χ4n) is 5.31. The molecule has 1 fully saturated rings. The van der Waals surface area contributed by atoms with Gasteiger partial charge in [0.15, 0.2) is 0 Å². The van der Waals surface area contributed by atoms with E-state index in [2.05, 4.69) is 42.1 Å². The number of nitrogens with one attached hydrogen (secondary N) is 3. The molecule has 3 aromatic carbocycles. The third-order valence-electron chi connectivity index (χ3n) is 7.50. The van der Waals surface area contributed by atoms with Crippen LogP contribution in [0.25, 0.3) is 10.9 Å². The summed E-state index contributed by atoms with van der Waals surface area (Å²) >= 11 is 12.7. The molecule has 0 amide bonds. The van der Waals surface area contributed by atoms with Crippen molar-refractivity contribution in [3.63, 3.8) is 0 Å². The van der Waals surface area contributed by atoms with E-state index in [1.807, 2.05) is 6.20 Å². The summed E-state index contributed by atoms with van der Waals surface area (Å²) in [6.07, 6.45) is 0.0972. The topological polar surface area (TPSA) is 113 Å². The molecule has 46 heavy (non-hydrogen) atoms. The summed E-state index contributed by atoms with van der Waals surface area (Å²) in [5, 5.41) is 29.1. The van der Waals surface area contributed by atoms with Crippen LogP contribution in [0.15, 0.2) is 67.0 Å². The van der Waals surface area contributed by atoms with Gasteiger partial charge in [-0.3, -0.25) is 4.98 Å². The summed E-state index contributed by atoms with van der Waals surface area (Å²) in [6, 6.07) is 14.5. The Morgan fingerprint density at radius 2 is 1.76 bits per heavy atom. The minimum absolute atomic E-state index is 0.103. The van der Waals surface area contributed by atoms with Gasteiger partial charge < -0.3 is 20.7 Å². The quantitative estimate of drug-likeness (QED) is 0.143. The van der Waals surface area contributed by atoms with E-state index >= 15 is 0 Å². The number of fused-ring (bicyclic) bond motifs is 1. The summed E-state index contributed by atoms with van der Waals surface area (Å²) in [6.45, 7) is 1.69. The van der Waals surface area contributed by atoms with Crippen LogP contribution in [0.3, 0.4) is 0 Å². The number of anilines is 3. The van der Waals surface area contributed by atoms with Crippen molar-refractivity contribution in [2.75, 3.05) is 23.7 Å². The summed E-state index contributed by atoms with van der Waals surface area (Å²) < 4.78 is 58.2. The van der Waals surface area contributed by atoms with Crippen molar-refractivity contribution in [3.8, 4) is 11.8 Å². The number of ether oxygens (including phenoxy) is 1. The molecule has 236 valence electrons. The van der Waals surface area contributed by atoms with Crippen molar-refractivity contribution in [1.29, 1.82) is 5.26 Å². The molecule has 15 heteroatoms. The number of hydrogen-bond donors (Lipinski definition) is 3. The molecule has 1 unspecified atom stereocenters. The summed E-state index contributed by atoms with van der Waals surface area (Å²) in [7, 11) is 0. The summed E-state index contributed by atoms with van der Waals surface area (Å²) in [5.41, 5.74) is 2.97. The van der Waals surface area contributed by atoms with E-state index in [1.54, 1.807) is 16.8 Å². The molecule has 1 aliphatic heterocycles. The number of aromatic nitrogens is 4. The Bertz CT molecular complexity index is 1920. The van der Waals surface area contributed by atoms with Crippen LogP contribution in [0.5, 0.6) is 5.75 Å². The Morgan fingerprint density at radius 1 is 1.02 bits per heavy atom. The lowest BCUT2D eigenvalue weighted by Gasteiger charge is -2.22. The largest absolute Gasteiger partial charge is 0.573 e. The summed E-state index contributed by atoms with van der Waals surface area (Å²) in [5.74, 6) is -0.961. The molecule has 1 aliphatic rings. The van der Waals surface area contributed by atoms with Crippen LogP contribution in [-0.2, 0) is 0 Å². The van der Waals surface area contributed by atoms with Crippen LogP contribution in [0, 0.1) is 17.1 Å². The van der Waals surface area contributed by atoms with E-state index in [9.17, 15) is 22.8 Å². The van der Waals surface area contributed by atoms with Gasteiger partial charge in [0.25, 0.3) is 0 Å². The predicted molar refractivity (Wildman–Crippen MR) is 166 cm³/mol. The van der Waals surface area contributed by atoms with Crippen LogP contribution in [0.2, 0.25) is 10.0 Å². The molecule has 1 saturated heterocycles. The second-order valence-corrected chi connectivity index (χ2v) is 11.4. The second kappa shape index (κ2) is 13.0. The van der Waals surface area contributed by atoms with E-state index in [0.717, 1.165) is 25.9 Å². The third-order valence-corrected chi connectivity index (χ3v) is 8.08. The first kappa shape index (κ1) is 31.3. The van der Waals surface area contributed by atoms with Crippen molar-refractivity contribution in [2.45, 2.75) is 31.3 Å². The van der Waals surface area contributed by atoms with Crippen LogP contribution in [0.1, 0.15) is 41.7 Å². The molecule has 3 N–H and O–H groups in total. The van der Waals surface area contributed by atoms with E-state index < -0.39 is 18.2 Å². The van der Waals surface area contributed by atoms with Gasteiger partial charge in [-0.25, -0.2) is 9.07 Å². The van der Waals surface area contributed by atoms with Crippen molar-refractivity contribution in [2.24, 2.45) is 0 Å². The second-order valence-electron chi connectivity index (χ2n) is 10.6. The standard InChI is InChI=1S/C31H24Cl2F4N8O/c32-24-12-19(3-6-26(24)34)41-28-18(14-38)15-40-30-23(28)11-20(13-25(30)33)42-29(17-1-4-22(5-2-17)46-31(35,36)37)27-16-45(44-43-27)21-7-9-39-10-8-21/h1-6,11-13,15-16,21,29,39,42H,7-10H2,(H,40,41). The number of benzene rings is 3. The van der Waals surface area contributed by atoms with Crippen LogP contribution in [0.4, 0.5) is 34.6 Å². The SMILES string of the molecule is N#Cc1cnc2c(Cl)cc(NC(c3ccc(OC(F)(F)F)cc3)c3cn(C4CCNCC4)nn3)cc2c1Nc1ccc(F)c(Cl)c1. The molecule has 9 nitrogen and oxygen atoms in total. The monoisotopic (exact) mass is 670 g/mol. The first-order valence-corrected chi connectivity index (χ1v) is 14.8. The highest BCUT2D eigenvalue weighted by Gasteiger charge is 2.31. The van der Waals surface area contributed by atoms with Crippen molar-refractivity contribution < 1.29 is 22.3 Å². The van der Waals surface area contributed by atoms with Gasteiger partial charge in [0.2, 0.25) is 0 Å². The molecule has 0 spiro atoms. The molecule has 5 aromatic rings. The molecule has 0 aliphatic carbocycles. The van der Waals surface area contributed by atoms with Gasteiger partial charge in [-0.1, -0.05) is 40.5 Å². The highest BCUT2D eigenvalue weighted by Crippen LogP contribution is 2.37. The Kier molecular flexibility index (Phi) is 8.86. The zero-order valence-electron chi connectivity index (χ0n) is 23.7. The fraction of sp³-hybridized carbons (Fsp3) is 0.226. The number of halogens is 6. The molecule has 3 heterocycles. The van der Waals surface area contributed by atoms with E-state index in [4.69, 9.17) is 23.2 Å².